The van der Waals surface area contributed by atoms with Crippen LogP contribution in [0.25, 0.3) is 0 Å². The Morgan fingerprint density at radius 3 is 2.22 bits per heavy atom. The fourth-order valence-corrected chi connectivity index (χ4v) is 1.91. The van der Waals surface area contributed by atoms with E-state index in [4.69, 9.17) is 0 Å². The topological polar surface area (TPSA) is 32.3 Å². The largest absolute Gasteiger partial charge is 0.508 e. The summed E-state index contributed by atoms with van der Waals surface area (Å²) in [6, 6.07) is 5.74. The van der Waals surface area contributed by atoms with E-state index in [1.54, 1.807) is 12.1 Å². The first-order valence-corrected chi connectivity index (χ1v) is 5.93. The maximum Gasteiger partial charge on any atom is 0.390 e. The maximum atomic E-state index is 12.2. The molecule has 1 aromatic rings. The second kappa shape index (κ2) is 6.09. The summed E-state index contributed by atoms with van der Waals surface area (Å²) in [5, 5.41) is 12.1. The van der Waals surface area contributed by atoms with Gasteiger partial charge < -0.3 is 10.4 Å². The summed E-state index contributed by atoms with van der Waals surface area (Å²) in [5.41, 5.74) is 0.879. The van der Waals surface area contributed by atoms with E-state index in [1.165, 1.54) is 19.1 Å². The molecule has 0 amide bonds. The fraction of sp³-hybridized carbons (Fsp3) is 0.538. The molecule has 0 bridgehead atoms. The van der Waals surface area contributed by atoms with Gasteiger partial charge in [0.15, 0.2) is 0 Å². The lowest BCUT2D eigenvalue weighted by molar-refractivity contribution is -0.139. The van der Waals surface area contributed by atoms with E-state index in [-0.39, 0.29) is 11.8 Å². The number of hydrogen-bond acceptors (Lipinski definition) is 2. The molecule has 0 aliphatic heterocycles. The molecule has 102 valence electrons. The average molecular weight is 261 g/mol. The average Bonchev–Trinajstić information content (AvgIpc) is 2.25. The van der Waals surface area contributed by atoms with Gasteiger partial charge >= 0.3 is 6.18 Å². The first-order chi connectivity index (χ1) is 8.31. The van der Waals surface area contributed by atoms with Gasteiger partial charge in [-0.25, -0.2) is 0 Å². The zero-order valence-electron chi connectivity index (χ0n) is 10.5. The molecule has 0 spiro atoms. The van der Waals surface area contributed by atoms with Crippen molar-refractivity contribution in [2.24, 2.45) is 0 Å². The lowest BCUT2D eigenvalue weighted by Gasteiger charge is -2.23. The Morgan fingerprint density at radius 1 is 1.22 bits per heavy atom. The van der Waals surface area contributed by atoms with Gasteiger partial charge in [0.25, 0.3) is 0 Å². The molecule has 0 heterocycles. The van der Waals surface area contributed by atoms with Gasteiger partial charge in [0.2, 0.25) is 0 Å². The van der Waals surface area contributed by atoms with Gasteiger partial charge in [0.1, 0.15) is 5.75 Å². The first kappa shape index (κ1) is 14.8. The molecular formula is C13H18F3NO. The molecule has 2 unspecified atom stereocenters. The Balaban J connectivity index is 2.64. The van der Waals surface area contributed by atoms with E-state index in [0.29, 0.717) is 6.42 Å². The van der Waals surface area contributed by atoms with E-state index in [9.17, 15) is 18.3 Å². The number of aromatic hydroxyl groups is 1. The Labute approximate surface area is 105 Å². The predicted molar refractivity (Wildman–Crippen MR) is 64.4 cm³/mol. The van der Waals surface area contributed by atoms with Crippen LogP contribution in [0.2, 0.25) is 0 Å². The fourth-order valence-electron chi connectivity index (χ4n) is 1.91. The minimum absolute atomic E-state index is 0.136. The van der Waals surface area contributed by atoms with Crippen molar-refractivity contribution >= 4 is 0 Å². The Kier molecular flexibility index (Phi) is 5.02. The van der Waals surface area contributed by atoms with Crippen LogP contribution in [0.15, 0.2) is 24.3 Å². The van der Waals surface area contributed by atoms with Crippen molar-refractivity contribution in [1.82, 2.24) is 5.32 Å². The first-order valence-electron chi connectivity index (χ1n) is 5.93. The Bertz CT molecular complexity index is 361. The van der Waals surface area contributed by atoms with Crippen molar-refractivity contribution in [2.45, 2.75) is 44.9 Å². The normalized spacial score (nSPS) is 15.4. The zero-order chi connectivity index (χ0) is 13.8. The summed E-state index contributed by atoms with van der Waals surface area (Å²) < 4.78 is 36.7. The van der Waals surface area contributed by atoms with Crippen molar-refractivity contribution in [1.29, 1.82) is 0 Å². The molecule has 18 heavy (non-hydrogen) atoms. The highest BCUT2D eigenvalue weighted by Gasteiger charge is 2.30. The van der Waals surface area contributed by atoms with Crippen molar-refractivity contribution in [3.63, 3.8) is 0 Å². The van der Waals surface area contributed by atoms with Crippen LogP contribution in [-0.2, 0) is 0 Å². The van der Waals surface area contributed by atoms with Gasteiger partial charge in [-0.05, 0) is 31.0 Å². The number of phenolic OH excluding ortho intramolecular Hbond substituents is 1. The molecule has 0 fully saturated rings. The zero-order valence-corrected chi connectivity index (χ0v) is 10.5. The van der Waals surface area contributed by atoms with Gasteiger partial charge in [-0.1, -0.05) is 19.1 Å². The van der Waals surface area contributed by atoms with Gasteiger partial charge in [-0.15, -0.1) is 0 Å². The standard InChI is InChI=1S/C13H18F3NO/c1-3-12(10-4-6-11(18)7-5-10)17-9(2)8-13(14,15)16/h4-7,9,12,17-18H,3,8H2,1-2H3. The molecule has 1 aromatic carbocycles. The maximum absolute atomic E-state index is 12.2. The van der Waals surface area contributed by atoms with Gasteiger partial charge in [-0.2, -0.15) is 13.2 Å². The third-order valence-corrected chi connectivity index (χ3v) is 2.73. The number of halogens is 3. The van der Waals surface area contributed by atoms with Crippen LogP contribution >= 0.6 is 0 Å². The molecular weight excluding hydrogens is 243 g/mol. The number of nitrogens with one attached hydrogen (secondary N) is 1. The molecule has 2 N–H and O–H groups in total. The molecule has 0 aliphatic rings. The molecule has 5 heteroatoms. The quantitative estimate of drug-likeness (QED) is 0.845. The van der Waals surface area contributed by atoms with E-state index < -0.39 is 18.6 Å². The lowest BCUT2D eigenvalue weighted by Crippen LogP contribution is -2.34. The van der Waals surface area contributed by atoms with Crippen LogP contribution in [0.3, 0.4) is 0 Å². The monoisotopic (exact) mass is 261 g/mol. The highest BCUT2D eigenvalue weighted by molar-refractivity contribution is 5.28. The van der Waals surface area contributed by atoms with Crippen LogP contribution in [0.4, 0.5) is 13.2 Å². The minimum atomic E-state index is -4.15. The SMILES string of the molecule is CCC(NC(C)CC(F)(F)F)c1ccc(O)cc1. The van der Waals surface area contributed by atoms with Crippen molar-refractivity contribution in [3.8, 4) is 5.75 Å². The Hall–Kier alpha value is -1.23. The summed E-state index contributed by atoms with van der Waals surface area (Å²) in [7, 11) is 0. The van der Waals surface area contributed by atoms with E-state index in [2.05, 4.69) is 5.32 Å². The summed E-state index contributed by atoms with van der Waals surface area (Å²) in [4.78, 5) is 0. The molecule has 2 atom stereocenters. The van der Waals surface area contributed by atoms with Crippen LogP contribution < -0.4 is 5.32 Å². The third kappa shape index (κ3) is 4.96. The van der Waals surface area contributed by atoms with E-state index in [0.717, 1.165) is 5.56 Å². The highest BCUT2D eigenvalue weighted by atomic mass is 19.4. The van der Waals surface area contributed by atoms with Crippen LogP contribution in [-0.4, -0.2) is 17.3 Å². The predicted octanol–water partition coefficient (Wildman–Crippen LogP) is 3.77. The molecule has 2 nitrogen and oxygen atoms in total. The third-order valence-electron chi connectivity index (χ3n) is 2.73. The minimum Gasteiger partial charge on any atom is -0.508 e. The lowest BCUT2D eigenvalue weighted by atomic mass is 10.0. The van der Waals surface area contributed by atoms with Crippen LogP contribution in [0, 0.1) is 0 Å². The highest BCUT2D eigenvalue weighted by Crippen LogP contribution is 2.24. The molecule has 0 saturated heterocycles. The second-order valence-electron chi connectivity index (χ2n) is 4.44. The molecule has 0 saturated carbocycles. The Morgan fingerprint density at radius 2 is 1.78 bits per heavy atom. The van der Waals surface area contributed by atoms with Crippen LogP contribution in [0.1, 0.15) is 38.3 Å². The van der Waals surface area contributed by atoms with Gasteiger partial charge in [-0.3, -0.25) is 0 Å². The van der Waals surface area contributed by atoms with Crippen molar-refractivity contribution < 1.29 is 18.3 Å². The molecule has 0 radical (unpaired) electrons. The smallest absolute Gasteiger partial charge is 0.390 e. The van der Waals surface area contributed by atoms with Crippen molar-refractivity contribution in [2.75, 3.05) is 0 Å². The van der Waals surface area contributed by atoms with E-state index >= 15 is 0 Å². The number of rotatable bonds is 5. The van der Waals surface area contributed by atoms with E-state index in [1.807, 2.05) is 6.92 Å². The molecule has 0 aromatic heterocycles. The van der Waals surface area contributed by atoms with Gasteiger partial charge in [0, 0.05) is 12.1 Å². The van der Waals surface area contributed by atoms with Gasteiger partial charge in [0.05, 0.1) is 6.42 Å². The summed E-state index contributed by atoms with van der Waals surface area (Å²) in [6.45, 7) is 3.43. The number of alkyl halides is 3. The second-order valence-corrected chi connectivity index (χ2v) is 4.44. The number of benzene rings is 1. The summed E-state index contributed by atoms with van der Waals surface area (Å²) in [6.07, 6.45) is -4.31. The van der Waals surface area contributed by atoms with Crippen molar-refractivity contribution in [3.05, 3.63) is 29.8 Å². The summed E-state index contributed by atoms with van der Waals surface area (Å²) in [5.74, 6) is 0.150. The summed E-state index contributed by atoms with van der Waals surface area (Å²) >= 11 is 0. The molecule has 0 aliphatic carbocycles. The van der Waals surface area contributed by atoms with Crippen LogP contribution in [0.5, 0.6) is 5.75 Å². The number of hydrogen-bond donors (Lipinski definition) is 2. The molecule has 1 rings (SSSR count). The number of phenols is 1.